The summed E-state index contributed by atoms with van der Waals surface area (Å²) in [5.41, 5.74) is 1.17. The first-order valence-electron chi connectivity index (χ1n) is 11.6. The lowest BCUT2D eigenvalue weighted by molar-refractivity contribution is -0.384. The Balaban J connectivity index is 1.54. The van der Waals surface area contributed by atoms with Gasteiger partial charge in [-0.3, -0.25) is 10.1 Å². The van der Waals surface area contributed by atoms with Crippen LogP contribution in [0.25, 0.3) is 0 Å². The Bertz CT molecular complexity index is 1520. The summed E-state index contributed by atoms with van der Waals surface area (Å²) in [6, 6.07) is 26.5. The Morgan fingerprint density at radius 2 is 1.38 bits per heavy atom. The number of amides is 1. The number of benzene rings is 4. The largest absolute Gasteiger partial charge is 0.497 e. The van der Waals surface area contributed by atoms with E-state index in [-0.39, 0.29) is 16.3 Å². The van der Waals surface area contributed by atoms with Crippen LogP contribution in [-0.4, -0.2) is 30.8 Å². The van der Waals surface area contributed by atoms with Gasteiger partial charge in [-0.2, -0.15) is 4.31 Å². The summed E-state index contributed by atoms with van der Waals surface area (Å²) in [5, 5.41) is 11.0. The molecule has 1 amide bonds. The molecule has 4 aromatic rings. The number of nitrogens with zero attached hydrogens (tertiary/aromatic N) is 2. The minimum absolute atomic E-state index is 0.102. The number of non-ortho nitro benzene ring substituents is 1. The Labute approximate surface area is 225 Å². The van der Waals surface area contributed by atoms with Gasteiger partial charge in [0.2, 0.25) is 0 Å². The van der Waals surface area contributed by atoms with Crippen molar-refractivity contribution < 1.29 is 32.3 Å². The second-order valence-corrected chi connectivity index (χ2v) is 10.1. The van der Waals surface area contributed by atoms with Crippen LogP contribution in [-0.2, 0) is 23.2 Å². The molecule has 0 N–H and O–H groups in total. The van der Waals surface area contributed by atoms with Gasteiger partial charge in [0.15, 0.2) is 0 Å². The van der Waals surface area contributed by atoms with Gasteiger partial charge in [-0.25, -0.2) is 13.2 Å². The van der Waals surface area contributed by atoms with E-state index in [1.807, 2.05) is 30.3 Å². The van der Waals surface area contributed by atoms with E-state index in [9.17, 15) is 23.3 Å². The molecule has 0 unspecified atom stereocenters. The number of nitro benzene ring substituents is 1. The summed E-state index contributed by atoms with van der Waals surface area (Å²) < 4.78 is 43.7. The molecular formula is C28H24N2O8S. The van der Waals surface area contributed by atoms with Crippen molar-refractivity contribution >= 4 is 21.8 Å². The maximum absolute atomic E-state index is 13.5. The van der Waals surface area contributed by atoms with E-state index >= 15 is 0 Å². The molecule has 0 saturated carbocycles. The number of hydrogen-bond acceptors (Lipinski definition) is 8. The zero-order valence-electron chi connectivity index (χ0n) is 20.8. The number of carbonyl (C=O) groups excluding carboxylic acids is 1. The molecule has 0 bridgehead atoms. The summed E-state index contributed by atoms with van der Waals surface area (Å²) in [7, 11) is -2.93. The summed E-state index contributed by atoms with van der Waals surface area (Å²) in [6.45, 7) is -0.0629. The van der Waals surface area contributed by atoms with Crippen molar-refractivity contribution in [2.24, 2.45) is 0 Å². The van der Waals surface area contributed by atoms with Crippen LogP contribution in [0.2, 0.25) is 0 Å². The van der Waals surface area contributed by atoms with Gasteiger partial charge in [0.1, 0.15) is 23.9 Å². The third-order valence-corrected chi connectivity index (χ3v) is 7.33. The first kappa shape index (κ1) is 27.1. The molecule has 4 aromatic carbocycles. The number of sulfonamides is 1. The minimum atomic E-state index is -4.37. The molecule has 10 nitrogen and oxygen atoms in total. The van der Waals surface area contributed by atoms with Gasteiger partial charge in [0, 0.05) is 12.1 Å². The molecule has 0 saturated heterocycles. The first-order valence-corrected chi connectivity index (χ1v) is 13.1. The molecule has 0 atom stereocenters. The van der Waals surface area contributed by atoms with Gasteiger partial charge in [0.25, 0.3) is 15.7 Å². The highest BCUT2D eigenvalue weighted by Crippen LogP contribution is 2.25. The monoisotopic (exact) mass is 548 g/mol. The third kappa shape index (κ3) is 6.90. The molecule has 11 heteroatoms. The molecule has 0 spiro atoms. The van der Waals surface area contributed by atoms with Crippen LogP contribution < -0.4 is 14.2 Å². The Hall–Kier alpha value is -4.90. The molecule has 0 aliphatic rings. The topological polar surface area (TPSA) is 125 Å². The van der Waals surface area contributed by atoms with Gasteiger partial charge in [-0.15, -0.1) is 0 Å². The Morgan fingerprint density at radius 3 is 1.97 bits per heavy atom. The third-order valence-electron chi connectivity index (χ3n) is 5.60. The van der Waals surface area contributed by atoms with Crippen LogP contribution in [0.4, 0.5) is 10.5 Å². The molecule has 0 aliphatic carbocycles. The molecule has 200 valence electrons. The van der Waals surface area contributed by atoms with E-state index in [1.165, 1.54) is 67.8 Å². The van der Waals surface area contributed by atoms with Crippen molar-refractivity contribution in [1.29, 1.82) is 0 Å². The van der Waals surface area contributed by atoms with Crippen molar-refractivity contribution in [3.63, 3.8) is 0 Å². The number of nitro groups is 1. The van der Waals surface area contributed by atoms with Crippen molar-refractivity contribution in [2.45, 2.75) is 18.0 Å². The fourth-order valence-electron chi connectivity index (χ4n) is 3.51. The molecule has 0 aliphatic heterocycles. The lowest BCUT2D eigenvalue weighted by Crippen LogP contribution is -2.38. The van der Waals surface area contributed by atoms with Gasteiger partial charge >= 0.3 is 6.09 Å². The van der Waals surface area contributed by atoms with Gasteiger partial charge in [-0.05, 0) is 59.7 Å². The van der Waals surface area contributed by atoms with E-state index in [2.05, 4.69) is 0 Å². The average Bonchev–Trinajstić information content (AvgIpc) is 2.96. The molecular weight excluding hydrogens is 524 g/mol. The standard InChI is InChI=1S/C28H24N2O8S/c1-36-24-15-17-27(18-16-24)39(34,35)29(19-21-7-9-23(10-8-21)30(32)33)28(31)38-26-13-11-25(12-14-26)37-20-22-5-3-2-4-6-22/h2-18H,19-20H2,1H3. The second kappa shape index (κ2) is 12.1. The predicted molar refractivity (Wildman–Crippen MR) is 142 cm³/mol. The lowest BCUT2D eigenvalue weighted by atomic mass is 10.2. The molecule has 0 heterocycles. The zero-order chi connectivity index (χ0) is 27.8. The van der Waals surface area contributed by atoms with E-state index < -0.39 is 27.6 Å². The van der Waals surface area contributed by atoms with Crippen LogP contribution in [0.3, 0.4) is 0 Å². The summed E-state index contributed by atoms with van der Waals surface area (Å²) in [6.07, 6.45) is -1.15. The maximum Gasteiger partial charge on any atom is 0.429 e. The minimum Gasteiger partial charge on any atom is -0.497 e. The number of rotatable bonds is 10. The normalized spacial score (nSPS) is 10.9. The number of hydrogen-bond donors (Lipinski definition) is 0. The Kier molecular flexibility index (Phi) is 8.42. The van der Waals surface area contributed by atoms with Crippen molar-refractivity contribution in [1.82, 2.24) is 4.31 Å². The first-order chi connectivity index (χ1) is 18.8. The van der Waals surface area contributed by atoms with Crippen LogP contribution in [0, 0.1) is 10.1 Å². The van der Waals surface area contributed by atoms with E-state index in [0.717, 1.165) is 5.56 Å². The van der Waals surface area contributed by atoms with Crippen LogP contribution in [0.15, 0.2) is 108 Å². The van der Waals surface area contributed by atoms with Crippen molar-refractivity contribution in [3.8, 4) is 17.2 Å². The summed E-state index contributed by atoms with van der Waals surface area (Å²) in [4.78, 5) is 23.4. The molecule has 0 radical (unpaired) electrons. The zero-order valence-corrected chi connectivity index (χ0v) is 21.6. The fraction of sp³-hybridized carbons (Fsp3) is 0.107. The van der Waals surface area contributed by atoms with Crippen molar-refractivity contribution in [2.75, 3.05) is 7.11 Å². The van der Waals surface area contributed by atoms with Crippen LogP contribution >= 0.6 is 0 Å². The summed E-state index contributed by atoms with van der Waals surface area (Å²) >= 11 is 0. The molecule has 4 rings (SSSR count). The molecule has 0 fully saturated rings. The van der Waals surface area contributed by atoms with E-state index in [4.69, 9.17) is 14.2 Å². The Morgan fingerprint density at radius 1 is 0.795 bits per heavy atom. The molecule has 39 heavy (non-hydrogen) atoms. The van der Waals surface area contributed by atoms with E-state index in [1.54, 1.807) is 12.1 Å². The lowest BCUT2D eigenvalue weighted by Gasteiger charge is -2.22. The highest BCUT2D eigenvalue weighted by atomic mass is 32.2. The van der Waals surface area contributed by atoms with E-state index in [0.29, 0.717) is 28.0 Å². The smallest absolute Gasteiger partial charge is 0.429 e. The van der Waals surface area contributed by atoms with Gasteiger partial charge < -0.3 is 14.2 Å². The second-order valence-electron chi connectivity index (χ2n) is 8.22. The number of carbonyl (C=O) groups is 1. The van der Waals surface area contributed by atoms with Gasteiger partial charge in [-0.1, -0.05) is 42.5 Å². The highest BCUT2D eigenvalue weighted by Gasteiger charge is 2.31. The number of ether oxygens (including phenoxy) is 3. The fourth-order valence-corrected chi connectivity index (χ4v) is 4.80. The van der Waals surface area contributed by atoms with Crippen LogP contribution in [0.1, 0.15) is 11.1 Å². The van der Waals surface area contributed by atoms with Crippen molar-refractivity contribution in [3.05, 3.63) is 124 Å². The number of methoxy groups -OCH3 is 1. The maximum atomic E-state index is 13.5. The average molecular weight is 549 g/mol. The highest BCUT2D eigenvalue weighted by molar-refractivity contribution is 7.89. The van der Waals surface area contributed by atoms with Crippen LogP contribution in [0.5, 0.6) is 17.2 Å². The van der Waals surface area contributed by atoms with Gasteiger partial charge in [0.05, 0.1) is 23.5 Å². The SMILES string of the molecule is COc1ccc(S(=O)(=O)N(Cc2ccc([N+](=O)[O-])cc2)C(=O)Oc2ccc(OCc3ccccc3)cc2)cc1. The quantitative estimate of drug-likeness (QED) is 0.186. The predicted octanol–water partition coefficient (Wildman–Crippen LogP) is 5.57. The summed E-state index contributed by atoms with van der Waals surface area (Å²) in [5.74, 6) is 1.07. The molecule has 0 aromatic heterocycles.